The maximum atomic E-state index is 12.8. The Morgan fingerprint density at radius 1 is 1.14 bits per heavy atom. The van der Waals surface area contributed by atoms with Crippen molar-refractivity contribution in [1.29, 1.82) is 0 Å². The number of morpholine rings is 1. The standard InChI is InChI=1S/C21H30N6O2/c1-14-12-19(26-8-10-29-11-9-26)23-21(22-14)17-4-6-27(7-5-17)20(28)13-18-15(2)24-25-16(18)3/h12,17H,4-11,13H2,1-3H3,(H,24,25). The molecule has 29 heavy (non-hydrogen) atoms. The summed E-state index contributed by atoms with van der Waals surface area (Å²) in [4.78, 5) is 26.6. The summed E-state index contributed by atoms with van der Waals surface area (Å²) in [6, 6.07) is 2.06. The van der Waals surface area contributed by atoms with Gasteiger partial charge in [0.15, 0.2) is 0 Å². The molecule has 4 heterocycles. The fourth-order valence-corrected chi connectivity index (χ4v) is 4.20. The molecular formula is C21H30N6O2. The lowest BCUT2D eigenvalue weighted by Crippen LogP contribution is -2.39. The van der Waals surface area contributed by atoms with E-state index < -0.39 is 0 Å². The number of rotatable bonds is 4. The van der Waals surface area contributed by atoms with E-state index in [-0.39, 0.29) is 5.91 Å². The normalized spacial score (nSPS) is 18.3. The molecule has 0 atom stereocenters. The second-order valence-electron chi connectivity index (χ2n) is 8.07. The van der Waals surface area contributed by atoms with Crippen LogP contribution >= 0.6 is 0 Å². The molecule has 0 aromatic carbocycles. The number of nitrogens with one attached hydrogen (secondary N) is 1. The van der Waals surface area contributed by atoms with Crippen molar-refractivity contribution >= 4 is 11.7 Å². The molecule has 8 nitrogen and oxygen atoms in total. The SMILES string of the molecule is Cc1cc(N2CCOCC2)nc(C2CCN(C(=O)Cc3c(C)n[nH]c3C)CC2)n1. The van der Waals surface area contributed by atoms with Gasteiger partial charge in [-0.15, -0.1) is 0 Å². The van der Waals surface area contributed by atoms with Gasteiger partial charge in [-0.2, -0.15) is 5.10 Å². The van der Waals surface area contributed by atoms with Gasteiger partial charge in [0.25, 0.3) is 0 Å². The van der Waals surface area contributed by atoms with Gasteiger partial charge in [0.2, 0.25) is 5.91 Å². The Hall–Kier alpha value is -2.48. The van der Waals surface area contributed by atoms with Gasteiger partial charge in [0, 0.05) is 55.1 Å². The van der Waals surface area contributed by atoms with Gasteiger partial charge in [0.05, 0.1) is 25.3 Å². The van der Waals surface area contributed by atoms with Gasteiger partial charge in [-0.3, -0.25) is 9.89 Å². The molecule has 2 aliphatic heterocycles. The molecule has 2 aromatic rings. The molecule has 0 bridgehead atoms. The van der Waals surface area contributed by atoms with Crippen molar-refractivity contribution in [2.45, 2.75) is 46.0 Å². The van der Waals surface area contributed by atoms with Crippen LogP contribution in [-0.4, -0.2) is 70.4 Å². The van der Waals surface area contributed by atoms with E-state index in [1.165, 1.54) is 0 Å². The molecule has 4 rings (SSSR count). The maximum Gasteiger partial charge on any atom is 0.227 e. The molecule has 1 amide bonds. The Balaban J connectivity index is 1.39. The largest absolute Gasteiger partial charge is 0.378 e. The first kappa shape index (κ1) is 19.8. The quantitative estimate of drug-likeness (QED) is 0.847. The zero-order chi connectivity index (χ0) is 20.4. The number of aromatic amines is 1. The number of anilines is 1. The van der Waals surface area contributed by atoms with Crippen LogP contribution in [0.3, 0.4) is 0 Å². The average Bonchev–Trinajstić information content (AvgIpc) is 3.06. The number of aromatic nitrogens is 4. The number of piperidine rings is 1. The number of ether oxygens (including phenoxy) is 1. The lowest BCUT2D eigenvalue weighted by Gasteiger charge is -2.32. The van der Waals surface area contributed by atoms with Crippen LogP contribution in [0, 0.1) is 20.8 Å². The van der Waals surface area contributed by atoms with E-state index in [0.29, 0.717) is 12.3 Å². The number of amides is 1. The topological polar surface area (TPSA) is 87.2 Å². The van der Waals surface area contributed by atoms with Crippen LogP contribution in [0.15, 0.2) is 6.07 Å². The van der Waals surface area contributed by atoms with E-state index in [2.05, 4.69) is 21.2 Å². The summed E-state index contributed by atoms with van der Waals surface area (Å²) in [6.07, 6.45) is 2.23. The summed E-state index contributed by atoms with van der Waals surface area (Å²) in [6.45, 7) is 10.7. The minimum atomic E-state index is 0.176. The number of aryl methyl sites for hydroxylation is 3. The van der Waals surface area contributed by atoms with E-state index in [4.69, 9.17) is 14.7 Å². The number of likely N-dealkylation sites (tertiary alicyclic amines) is 1. The van der Waals surface area contributed by atoms with Gasteiger partial charge in [-0.05, 0) is 33.6 Å². The fraction of sp³-hybridized carbons (Fsp3) is 0.619. The van der Waals surface area contributed by atoms with Crippen LogP contribution in [0.4, 0.5) is 5.82 Å². The van der Waals surface area contributed by atoms with Crippen LogP contribution in [0.5, 0.6) is 0 Å². The predicted molar refractivity (Wildman–Crippen MR) is 110 cm³/mol. The summed E-state index contributed by atoms with van der Waals surface area (Å²) in [7, 11) is 0. The fourth-order valence-electron chi connectivity index (χ4n) is 4.20. The van der Waals surface area contributed by atoms with Crippen molar-refractivity contribution in [2.24, 2.45) is 0 Å². The van der Waals surface area contributed by atoms with Crippen LogP contribution in [0.1, 0.15) is 47.2 Å². The first-order chi connectivity index (χ1) is 14.0. The number of hydrogen-bond acceptors (Lipinski definition) is 6. The van der Waals surface area contributed by atoms with Crippen LogP contribution < -0.4 is 4.90 Å². The monoisotopic (exact) mass is 398 g/mol. The van der Waals surface area contributed by atoms with Crippen molar-refractivity contribution in [2.75, 3.05) is 44.3 Å². The molecule has 0 saturated carbocycles. The smallest absolute Gasteiger partial charge is 0.227 e. The molecule has 0 unspecified atom stereocenters. The Morgan fingerprint density at radius 3 is 2.52 bits per heavy atom. The van der Waals surface area contributed by atoms with Crippen molar-refractivity contribution in [1.82, 2.24) is 25.1 Å². The van der Waals surface area contributed by atoms with E-state index >= 15 is 0 Å². The first-order valence-electron chi connectivity index (χ1n) is 10.5. The van der Waals surface area contributed by atoms with E-state index in [1.54, 1.807) is 0 Å². The van der Waals surface area contributed by atoms with Gasteiger partial charge < -0.3 is 14.5 Å². The number of nitrogens with zero attached hydrogens (tertiary/aromatic N) is 5. The average molecular weight is 399 g/mol. The zero-order valence-electron chi connectivity index (χ0n) is 17.6. The predicted octanol–water partition coefficient (Wildman–Crippen LogP) is 1.91. The lowest BCUT2D eigenvalue weighted by molar-refractivity contribution is -0.131. The third-order valence-electron chi connectivity index (χ3n) is 6.01. The number of hydrogen-bond donors (Lipinski definition) is 1. The Kier molecular flexibility index (Phi) is 5.80. The van der Waals surface area contributed by atoms with Crippen LogP contribution in [0.25, 0.3) is 0 Å². The molecule has 2 aliphatic rings. The van der Waals surface area contributed by atoms with E-state index in [1.807, 2.05) is 25.7 Å². The second kappa shape index (κ2) is 8.49. The van der Waals surface area contributed by atoms with Crippen molar-refractivity contribution in [3.8, 4) is 0 Å². The molecule has 1 N–H and O–H groups in total. The van der Waals surface area contributed by atoms with Gasteiger partial charge in [0.1, 0.15) is 11.6 Å². The molecule has 8 heteroatoms. The summed E-state index contributed by atoms with van der Waals surface area (Å²) in [5.41, 5.74) is 3.92. The number of carbonyl (C=O) groups is 1. The molecule has 156 valence electrons. The Labute approximate surface area is 171 Å². The Bertz CT molecular complexity index is 847. The summed E-state index contributed by atoms with van der Waals surface area (Å²) in [5, 5.41) is 7.16. The number of carbonyl (C=O) groups excluding carboxylic acids is 1. The molecule has 0 radical (unpaired) electrons. The van der Waals surface area contributed by atoms with Crippen LogP contribution in [0.2, 0.25) is 0 Å². The molecular weight excluding hydrogens is 368 g/mol. The highest BCUT2D eigenvalue weighted by molar-refractivity contribution is 5.79. The van der Waals surface area contributed by atoms with Gasteiger partial charge >= 0.3 is 0 Å². The first-order valence-corrected chi connectivity index (χ1v) is 10.5. The van der Waals surface area contributed by atoms with E-state index in [9.17, 15) is 4.79 Å². The maximum absolute atomic E-state index is 12.8. The van der Waals surface area contributed by atoms with Gasteiger partial charge in [-0.25, -0.2) is 9.97 Å². The van der Waals surface area contributed by atoms with Crippen molar-refractivity contribution in [3.63, 3.8) is 0 Å². The van der Waals surface area contributed by atoms with Gasteiger partial charge in [-0.1, -0.05) is 0 Å². The molecule has 2 saturated heterocycles. The third kappa shape index (κ3) is 4.42. The van der Waals surface area contributed by atoms with Crippen molar-refractivity contribution in [3.05, 3.63) is 34.5 Å². The molecule has 2 aromatic heterocycles. The van der Waals surface area contributed by atoms with Crippen LogP contribution in [-0.2, 0) is 16.0 Å². The minimum Gasteiger partial charge on any atom is -0.378 e. The van der Waals surface area contributed by atoms with E-state index in [0.717, 1.165) is 86.5 Å². The number of H-pyrrole nitrogens is 1. The summed E-state index contributed by atoms with van der Waals surface area (Å²) >= 11 is 0. The third-order valence-corrected chi connectivity index (χ3v) is 6.01. The highest BCUT2D eigenvalue weighted by Gasteiger charge is 2.27. The molecule has 0 spiro atoms. The second-order valence-corrected chi connectivity index (χ2v) is 8.07. The molecule has 2 fully saturated rings. The highest BCUT2D eigenvalue weighted by atomic mass is 16.5. The highest BCUT2D eigenvalue weighted by Crippen LogP contribution is 2.28. The van der Waals surface area contributed by atoms with Crippen molar-refractivity contribution < 1.29 is 9.53 Å². The molecule has 0 aliphatic carbocycles. The minimum absolute atomic E-state index is 0.176. The Morgan fingerprint density at radius 2 is 1.86 bits per heavy atom. The lowest BCUT2D eigenvalue weighted by atomic mass is 9.95. The summed E-state index contributed by atoms with van der Waals surface area (Å²) in [5.74, 6) is 2.40. The summed E-state index contributed by atoms with van der Waals surface area (Å²) < 4.78 is 5.46. The zero-order valence-corrected chi connectivity index (χ0v) is 17.6.